The van der Waals surface area contributed by atoms with Crippen molar-refractivity contribution in [2.45, 2.75) is 0 Å². The van der Waals surface area contributed by atoms with Crippen molar-refractivity contribution in [3.63, 3.8) is 0 Å². The third-order valence-electron chi connectivity index (χ3n) is 1.51. The van der Waals surface area contributed by atoms with Gasteiger partial charge in [0.1, 0.15) is 11.4 Å². The summed E-state index contributed by atoms with van der Waals surface area (Å²) in [5.41, 5.74) is 0.554. The van der Waals surface area contributed by atoms with Gasteiger partial charge in [-0.15, -0.1) is 0 Å². The first-order valence-corrected chi connectivity index (χ1v) is 3.66. The van der Waals surface area contributed by atoms with Crippen LogP contribution in [0.15, 0.2) is 28.2 Å². The zero-order valence-electron chi connectivity index (χ0n) is 7.35. The van der Waals surface area contributed by atoms with Crippen LogP contribution in [0.3, 0.4) is 0 Å². The Morgan fingerprint density at radius 1 is 1.14 bits per heavy atom. The number of para-hydroxylation sites is 1. The Balaban J connectivity index is 3.38. The van der Waals surface area contributed by atoms with Gasteiger partial charge in [0.05, 0.1) is 7.11 Å². The second kappa shape index (κ2) is 4.72. The Morgan fingerprint density at radius 2 is 1.64 bits per heavy atom. The van der Waals surface area contributed by atoms with Crippen LogP contribution in [0, 0.1) is 0 Å². The standard InChI is InChI=1S/C9H6N2O3/c1-14-9-7(10-5-12)3-2-4-8(9)11-6-13/h2-4H,1H3. The molecule has 0 spiro atoms. The Morgan fingerprint density at radius 3 is 2.00 bits per heavy atom. The van der Waals surface area contributed by atoms with Crippen LogP contribution >= 0.6 is 0 Å². The van der Waals surface area contributed by atoms with E-state index in [1.54, 1.807) is 18.2 Å². The van der Waals surface area contributed by atoms with Crippen LogP contribution in [-0.2, 0) is 9.59 Å². The predicted molar refractivity (Wildman–Crippen MR) is 48.6 cm³/mol. The summed E-state index contributed by atoms with van der Waals surface area (Å²) in [6, 6.07) is 4.69. The summed E-state index contributed by atoms with van der Waals surface area (Å²) >= 11 is 0. The summed E-state index contributed by atoms with van der Waals surface area (Å²) in [5, 5.41) is 0. The van der Waals surface area contributed by atoms with Crippen LogP contribution in [0.2, 0.25) is 0 Å². The SMILES string of the molecule is COc1c(N=C=O)cccc1N=C=O. The van der Waals surface area contributed by atoms with Gasteiger partial charge >= 0.3 is 0 Å². The van der Waals surface area contributed by atoms with Crippen molar-refractivity contribution in [2.24, 2.45) is 9.98 Å². The zero-order chi connectivity index (χ0) is 10.4. The first-order valence-electron chi connectivity index (χ1n) is 3.66. The molecule has 0 aliphatic rings. The van der Waals surface area contributed by atoms with Crippen molar-refractivity contribution >= 4 is 23.5 Å². The molecule has 5 heteroatoms. The highest BCUT2D eigenvalue weighted by Crippen LogP contribution is 2.36. The molecule has 0 heterocycles. The molecule has 14 heavy (non-hydrogen) atoms. The minimum absolute atomic E-state index is 0.249. The minimum Gasteiger partial charge on any atom is -0.492 e. The molecule has 0 aliphatic heterocycles. The lowest BCUT2D eigenvalue weighted by atomic mass is 10.2. The summed E-state index contributed by atoms with van der Waals surface area (Å²) in [4.78, 5) is 26.9. The Labute approximate surface area is 79.8 Å². The van der Waals surface area contributed by atoms with Gasteiger partial charge in [0.15, 0.2) is 5.75 Å². The molecule has 1 aromatic rings. The van der Waals surface area contributed by atoms with E-state index in [1.165, 1.54) is 19.3 Å². The molecule has 70 valence electrons. The molecule has 5 nitrogen and oxygen atoms in total. The van der Waals surface area contributed by atoms with E-state index < -0.39 is 0 Å². The summed E-state index contributed by atoms with van der Waals surface area (Å²) in [7, 11) is 1.39. The summed E-state index contributed by atoms with van der Waals surface area (Å²) < 4.78 is 4.94. The topological polar surface area (TPSA) is 68.1 Å². The Hall–Kier alpha value is -2.22. The molecular weight excluding hydrogens is 184 g/mol. The monoisotopic (exact) mass is 190 g/mol. The second-order valence-corrected chi connectivity index (χ2v) is 2.24. The maximum absolute atomic E-state index is 10.1. The minimum atomic E-state index is 0.249. The van der Waals surface area contributed by atoms with Gasteiger partial charge in [0.2, 0.25) is 12.2 Å². The molecule has 0 radical (unpaired) electrons. The molecule has 0 aromatic heterocycles. The van der Waals surface area contributed by atoms with Gasteiger partial charge < -0.3 is 4.74 Å². The van der Waals surface area contributed by atoms with E-state index in [1.807, 2.05) is 0 Å². The quantitative estimate of drug-likeness (QED) is 0.537. The van der Waals surface area contributed by atoms with E-state index in [0.29, 0.717) is 0 Å². The molecule has 0 unspecified atom stereocenters. The number of aliphatic imine (C=N–C) groups is 2. The summed E-state index contributed by atoms with van der Waals surface area (Å²) in [5.74, 6) is 0.249. The van der Waals surface area contributed by atoms with Gasteiger partial charge in [-0.3, -0.25) is 0 Å². The third kappa shape index (κ3) is 1.93. The van der Waals surface area contributed by atoms with Gasteiger partial charge in [0.25, 0.3) is 0 Å². The van der Waals surface area contributed by atoms with Crippen molar-refractivity contribution in [2.75, 3.05) is 7.11 Å². The number of ether oxygens (including phenoxy) is 1. The number of isocyanates is 2. The highest BCUT2D eigenvalue weighted by molar-refractivity contribution is 5.70. The smallest absolute Gasteiger partial charge is 0.240 e. The lowest BCUT2D eigenvalue weighted by Crippen LogP contribution is -1.83. The van der Waals surface area contributed by atoms with Crippen molar-refractivity contribution in [3.8, 4) is 5.75 Å². The van der Waals surface area contributed by atoms with Crippen molar-refractivity contribution in [3.05, 3.63) is 18.2 Å². The number of carbonyl (C=O) groups excluding carboxylic acids is 2. The van der Waals surface area contributed by atoms with Gasteiger partial charge in [-0.25, -0.2) is 9.59 Å². The van der Waals surface area contributed by atoms with Gasteiger partial charge in [-0.2, -0.15) is 9.98 Å². The second-order valence-electron chi connectivity index (χ2n) is 2.24. The number of methoxy groups -OCH3 is 1. The molecule has 0 atom stereocenters. The van der Waals surface area contributed by atoms with Crippen LogP contribution in [-0.4, -0.2) is 19.3 Å². The van der Waals surface area contributed by atoms with Crippen LogP contribution in [0.25, 0.3) is 0 Å². The van der Waals surface area contributed by atoms with Gasteiger partial charge in [-0.1, -0.05) is 6.07 Å². The third-order valence-corrected chi connectivity index (χ3v) is 1.51. The van der Waals surface area contributed by atoms with Gasteiger partial charge in [0, 0.05) is 0 Å². The molecular formula is C9H6N2O3. The lowest BCUT2D eigenvalue weighted by Gasteiger charge is -2.04. The first kappa shape index (κ1) is 9.86. The van der Waals surface area contributed by atoms with Gasteiger partial charge in [-0.05, 0) is 12.1 Å². The molecule has 0 amide bonds. The zero-order valence-corrected chi connectivity index (χ0v) is 7.35. The fourth-order valence-electron chi connectivity index (χ4n) is 0.997. The fraction of sp³-hybridized carbons (Fsp3) is 0.111. The van der Waals surface area contributed by atoms with Crippen LogP contribution in [0.1, 0.15) is 0 Å². The molecule has 0 bridgehead atoms. The maximum Gasteiger partial charge on any atom is 0.240 e. The van der Waals surface area contributed by atoms with E-state index in [9.17, 15) is 9.59 Å². The molecule has 0 saturated carbocycles. The average Bonchev–Trinajstić information content (AvgIpc) is 2.19. The van der Waals surface area contributed by atoms with Crippen molar-refractivity contribution in [1.29, 1.82) is 0 Å². The summed E-state index contributed by atoms with van der Waals surface area (Å²) in [6.07, 6.45) is 2.77. The Bertz CT molecular complexity index is 393. The highest BCUT2D eigenvalue weighted by atomic mass is 16.5. The van der Waals surface area contributed by atoms with E-state index in [2.05, 4.69) is 9.98 Å². The average molecular weight is 190 g/mol. The molecule has 0 fully saturated rings. The van der Waals surface area contributed by atoms with Crippen LogP contribution < -0.4 is 4.74 Å². The Kier molecular flexibility index (Phi) is 3.33. The number of benzene rings is 1. The molecule has 1 rings (SSSR count). The number of rotatable bonds is 3. The van der Waals surface area contributed by atoms with E-state index >= 15 is 0 Å². The molecule has 0 aliphatic carbocycles. The molecule has 1 aromatic carbocycles. The number of nitrogens with zero attached hydrogens (tertiary/aromatic N) is 2. The van der Waals surface area contributed by atoms with Crippen molar-refractivity contribution < 1.29 is 14.3 Å². The predicted octanol–water partition coefficient (Wildman–Crippen LogP) is 1.63. The van der Waals surface area contributed by atoms with E-state index in [4.69, 9.17) is 4.74 Å². The highest BCUT2D eigenvalue weighted by Gasteiger charge is 2.06. The maximum atomic E-state index is 10.1. The van der Waals surface area contributed by atoms with E-state index in [-0.39, 0.29) is 17.1 Å². The lowest BCUT2D eigenvalue weighted by molar-refractivity contribution is 0.417. The van der Waals surface area contributed by atoms with Crippen LogP contribution in [0.5, 0.6) is 5.75 Å². The number of hydrogen-bond donors (Lipinski definition) is 0. The normalized spacial score (nSPS) is 8.36. The van der Waals surface area contributed by atoms with E-state index in [0.717, 1.165) is 0 Å². The fourth-order valence-corrected chi connectivity index (χ4v) is 0.997. The molecule has 0 saturated heterocycles. The molecule has 0 N–H and O–H groups in total. The first-order chi connectivity index (χ1) is 6.83. The largest absolute Gasteiger partial charge is 0.492 e. The number of hydrogen-bond acceptors (Lipinski definition) is 5. The van der Waals surface area contributed by atoms with Crippen LogP contribution in [0.4, 0.5) is 11.4 Å². The van der Waals surface area contributed by atoms with Crippen molar-refractivity contribution in [1.82, 2.24) is 0 Å². The summed E-state index contributed by atoms with van der Waals surface area (Å²) in [6.45, 7) is 0.